The zero-order valence-electron chi connectivity index (χ0n) is 7.48. The first-order valence-corrected chi connectivity index (χ1v) is 5.33. The van der Waals surface area contributed by atoms with E-state index in [0.29, 0.717) is 0 Å². The Labute approximate surface area is 77.2 Å². The van der Waals surface area contributed by atoms with Crippen molar-refractivity contribution in [3.8, 4) is 6.07 Å². The average molecular weight is 205 g/mol. The van der Waals surface area contributed by atoms with E-state index in [4.69, 9.17) is 5.26 Å². The summed E-state index contributed by atoms with van der Waals surface area (Å²) in [4.78, 5) is 10.8. The van der Waals surface area contributed by atoms with E-state index in [1.807, 2.05) is 0 Å². The summed E-state index contributed by atoms with van der Waals surface area (Å²) in [7, 11) is -2.41. The van der Waals surface area contributed by atoms with Crippen molar-refractivity contribution in [1.29, 1.82) is 5.26 Å². The van der Waals surface area contributed by atoms with Gasteiger partial charge in [-0.2, -0.15) is 5.26 Å². The van der Waals surface area contributed by atoms with Crippen molar-refractivity contribution in [1.82, 2.24) is 0 Å². The van der Waals surface area contributed by atoms with Crippen LogP contribution >= 0.6 is 0 Å². The molecule has 0 radical (unpaired) electrons. The molecule has 0 spiro atoms. The molecule has 0 fully saturated rings. The summed E-state index contributed by atoms with van der Waals surface area (Å²) in [6.07, 6.45) is -0.107. The number of methoxy groups -OCH3 is 1. The van der Waals surface area contributed by atoms with Crippen molar-refractivity contribution in [3.05, 3.63) is 0 Å². The second-order valence-electron chi connectivity index (χ2n) is 2.44. The molecule has 6 heteroatoms. The first-order chi connectivity index (χ1) is 5.95. The van der Waals surface area contributed by atoms with Crippen molar-refractivity contribution < 1.29 is 17.9 Å². The quantitative estimate of drug-likeness (QED) is 0.597. The fourth-order valence-corrected chi connectivity index (χ4v) is 1.80. The Bertz CT molecular complexity index is 314. The number of carbonyl (C=O) groups excluding carboxylic acids is 1. The Hall–Kier alpha value is -1.09. The van der Waals surface area contributed by atoms with Crippen LogP contribution in [-0.4, -0.2) is 32.5 Å². The highest BCUT2D eigenvalue weighted by Gasteiger charge is 2.27. The third kappa shape index (κ3) is 3.42. The maximum absolute atomic E-state index is 11.2. The molecule has 0 rings (SSSR count). The van der Waals surface area contributed by atoms with Crippen LogP contribution in [0.15, 0.2) is 0 Å². The molecular formula is C7H11NO4S. The van der Waals surface area contributed by atoms with E-state index in [0.717, 1.165) is 7.11 Å². The van der Waals surface area contributed by atoms with E-state index in [1.54, 1.807) is 6.07 Å². The Morgan fingerprint density at radius 2 is 2.15 bits per heavy atom. The average Bonchev–Trinajstić information content (AvgIpc) is 2.12. The Morgan fingerprint density at radius 1 is 1.62 bits per heavy atom. The Kier molecular flexibility index (Phi) is 4.42. The molecule has 0 aromatic heterocycles. The number of carbonyl (C=O) groups is 1. The van der Waals surface area contributed by atoms with Crippen LogP contribution in [0.2, 0.25) is 0 Å². The van der Waals surface area contributed by atoms with Gasteiger partial charge in [0.05, 0.1) is 18.9 Å². The van der Waals surface area contributed by atoms with Crippen LogP contribution in [-0.2, 0) is 19.4 Å². The number of sulfone groups is 1. The molecule has 5 nitrogen and oxygen atoms in total. The molecule has 1 unspecified atom stereocenters. The van der Waals surface area contributed by atoms with Gasteiger partial charge in [-0.15, -0.1) is 0 Å². The molecule has 13 heavy (non-hydrogen) atoms. The zero-order chi connectivity index (χ0) is 10.5. The highest BCUT2D eigenvalue weighted by molar-refractivity contribution is 7.92. The van der Waals surface area contributed by atoms with E-state index in [2.05, 4.69) is 4.74 Å². The van der Waals surface area contributed by atoms with Crippen LogP contribution in [0.3, 0.4) is 0 Å². The van der Waals surface area contributed by atoms with Crippen LogP contribution in [0.5, 0.6) is 0 Å². The van der Waals surface area contributed by atoms with E-state index in [-0.39, 0.29) is 12.2 Å². The van der Waals surface area contributed by atoms with Crippen LogP contribution in [0.25, 0.3) is 0 Å². The van der Waals surface area contributed by atoms with Crippen LogP contribution in [0, 0.1) is 11.3 Å². The van der Waals surface area contributed by atoms with Gasteiger partial charge in [0.25, 0.3) is 0 Å². The minimum atomic E-state index is -3.53. The van der Waals surface area contributed by atoms with Gasteiger partial charge >= 0.3 is 5.97 Å². The van der Waals surface area contributed by atoms with Crippen molar-refractivity contribution in [2.24, 2.45) is 0 Å². The SMILES string of the molecule is COC(=O)C(C)S(=O)(=O)CCC#N. The van der Waals surface area contributed by atoms with Crippen molar-refractivity contribution in [3.63, 3.8) is 0 Å². The number of esters is 1. The number of nitrogens with zero attached hydrogens (tertiary/aromatic N) is 1. The number of nitriles is 1. The molecular weight excluding hydrogens is 194 g/mol. The van der Waals surface area contributed by atoms with Crippen molar-refractivity contribution >= 4 is 15.8 Å². The molecule has 1 atom stereocenters. The largest absolute Gasteiger partial charge is 0.468 e. The third-order valence-corrected chi connectivity index (χ3v) is 3.61. The van der Waals surface area contributed by atoms with Gasteiger partial charge in [-0.05, 0) is 6.92 Å². The number of hydrogen-bond acceptors (Lipinski definition) is 5. The van der Waals surface area contributed by atoms with E-state index in [9.17, 15) is 13.2 Å². The van der Waals surface area contributed by atoms with E-state index < -0.39 is 21.1 Å². The fraction of sp³-hybridized carbons (Fsp3) is 0.714. The zero-order valence-corrected chi connectivity index (χ0v) is 8.30. The maximum Gasteiger partial charge on any atom is 0.323 e. The molecule has 0 aromatic carbocycles. The molecule has 0 aliphatic heterocycles. The van der Waals surface area contributed by atoms with Crippen molar-refractivity contribution in [2.45, 2.75) is 18.6 Å². The molecule has 0 saturated carbocycles. The maximum atomic E-state index is 11.2. The Balaban J connectivity index is 4.48. The lowest BCUT2D eigenvalue weighted by Gasteiger charge is -2.08. The second kappa shape index (κ2) is 4.82. The summed E-state index contributed by atoms with van der Waals surface area (Å²) in [5, 5.41) is 6.99. The molecule has 0 aromatic rings. The smallest absolute Gasteiger partial charge is 0.323 e. The van der Waals surface area contributed by atoms with Gasteiger partial charge in [-0.3, -0.25) is 4.79 Å². The van der Waals surface area contributed by atoms with Gasteiger partial charge < -0.3 is 4.74 Å². The van der Waals surface area contributed by atoms with E-state index >= 15 is 0 Å². The summed E-state index contributed by atoms with van der Waals surface area (Å²) in [5.74, 6) is -1.10. The summed E-state index contributed by atoms with van der Waals surface area (Å²) < 4.78 is 26.8. The number of rotatable bonds is 4. The molecule has 0 aliphatic rings. The molecule has 0 aliphatic carbocycles. The predicted molar refractivity (Wildman–Crippen MR) is 45.5 cm³/mol. The van der Waals surface area contributed by atoms with Crippen LogP contribution in [0.4, 0.5) is 0 Å². The van der Waals surface area contributed by atoms with E-state index in [1.165, 1.54) is 6.92 Å². The lowest BCUT2D eigenvalue weighted by atomic mass is 10.5. The monoisotopic (exact) mass is 205 g/mol. The molecule has 0 amide bonds. The first-order valence-electron chi connectivity index (χ1n) is 3.62. The lowest BCUT2D eigenvalue weighted by molar-refractivity contribution is -0.139. The molecule has 74 valence electrons. The molecule has 0 bridgehead atoms. The highest BCUT2D eigenvalue weighted by atomic mass is 32.2. The summed E-state index contributed by atoms with van der Waals surface area (Å²) >= 11 is 0. The first kappa shape index (κ1) is 11.9. The minimum absolute atomic E-state index is 0.107. The Morgan fingerprint density at radius 3 is 2.54 bits per heavy atom. The topological polar surface area (TPSA) is 84.2 Å². The van der Waals surface area contributed by atoms with Gasteiger partial charge in [0.2, 0.25) is 0 Å². The summed E-state index contributed by atoms with van der Waals surface area (Å²) in [6.45, 7) is 1.25. The molecule has 0 heterocycles. The van der Waals surface area contributed by atoms with Gasteiger partial charge in [0.1, 0.15) is 0 Å². The highest BCUT2D eigenvalue weighted by Crippen LogP contribution is 2.05. The minimum Gasteiger partial charge on any atom is -0.468 e. The summed E-state index contributed by atoms with van der Waals surface area (Å²) in [6, 6.07) is 1.70. The number of ether oxygens (including phenoxy) is 1. The van der Waals surface area contributed by atoms with Gasteiger partial charge in [0, 0.05) is 6.42 Å². The third-order valence-electron chi connectivity index (χ3n) is 1.57. The van der Waals surface area contributed by atoms with Gasteiger partial charge in [0.15, 0.2) is 15.1 Å². The molecule has 0 N–H and O–H groups in total. The normalized spacial score (nSPS) is 13.0. The van der Waals surface area contributed by atoms with Crippen LogP contribution in [0.1, 0.15) is 13.3 Å². The standard InChI is InChI=1S/C7H11NO4S/c1-6(7(9)12-2)13(10,11)5-3-4-8/h6H,3,5H2,1-2H3. The lowest BCUT2D eigenvalue weighted by Crippen LogP contribution is -2.30. The summed E-state index contributed by atoms with van der Waals surface area (Å²) in [5.41, 5.74) is 0. The van der Waals surface area contributed by atoms with Gasteiger partial charge in [-0.1, -0.05) is 0 Å². The van der Waals surface area contributed by atoms with Gasteiger partial charge in [-0.25, -0.2) is 8.42 Å². The second-order valence-corrected chi connectivity index (χ2v) is 4.88. The fourth-order valence-electron chi connectivity index (χ4n) is 0.677. The molecule has 0 saturated heterocycles. The number of hydrogen-bond donors (Lipinski definition) is 0. The van der Waals surface area contributed by atoms with Crippen LogP contribution < -0.4 is 0 Å². The predicted octanol–water partition coefficient (Wildman–Crippen LogP) is -0.124. The van der Waals surface area contributed by atoms with Crippen molar-refractivity contribution in [2.75, 3.05) is 12.9 Å².